The first-order chi connectivity index (χ1) is 10.9. The van der Waals surface area contributed by atoms with Gasteiger partial charge in [-0.15, -0.1) is 0 Å². The fourth-order valence-electron chi connectivity index (χ4n) is 2.62. The third-order valence-corrected chi connectivity index (χ3v) is 4.10. The Labute approximate surface area is 136 Å². The molecule has 0 saturated carbocycles. The van der Waals surface area contributed by atoms with Crippen molar-refractivity contribution in [3.8, 4) is 0 Å². The van der Waals surface area contributed by atoms with Crippen molar-refractivity contribution < 1.29 is 4.79 Å². The minimum absolute atomic E-state index is 0.0891. The second-order valence-corrected chi connectivity index (χ2v) is 6.97. The average Bonchev–Trinajstić information content (AvgIpc) is 2.50. The van der Waals surface area contributed by atoms with Crippen molar-refractivity contribution in [2.75, 3.05) is 18.4 Å². The quantitative estimate of drug-likeness (QED) is 0.947. The maximum absolute atomic E-state index is 12.5. The summed E-state index contributed by atoms with van der Waals surface area (Å²) in [6, 6.07) is 10.0. The molecule has 0 aliphatic carbocycles. The van der Waals surface area contributed by atoms with E-state index in [2.05, 4.69) is 36.1 Å². The topological polar surface area (TPSA) is 58.1 Å². The van der Waals surface area contributed by atoms with E-state index in [4.69, 9.17) is 0 Å². The van der Waals surface area contributed by atoms with Crippen molar-refractivity contribution in [1.29, 1.82) is 0 Å². The number of aromatic nitrogens is 2. The fraction of sp³-hybridized carbons (Fsp3) is 0.389. The highest BCUT2D eigenvalue weighted by Crippen LogP contribution is 2.23. The van der Waals surface area contributed by atoms with Crippen LogP contribution >= 0.6 is 0 Å². The summed E-state index contributed by atoms with van der Waals surface area (Å²) in [5.41, 5.74) is 2.09. The summed E-state index contributed by atoms with van der Waals surface area (Å²) in [5.74, 6) is 0.887. The SMILES string of the molecule is CC(C)(C)c1ccc(C(=O)N2CC(Nc3ccncn3)C2)cc1. The zero-order chi connectivity index (χ0) is 16.4. The van der Waals surface area contributed by atoms with Crippen LogP contribution in [0.1, 0.15) is 36.7 Å². The van der Waals surface area contributed by atoms with Gasteiger partial charge in [-0.05, 0) is 29.2 Å². The fourth-order valence-corrected chi connectivity index (χ4v) is 2.62. The first-order valence-electron chi connectivity index (χ1n) is 7.86. The Balaban J connectivity index is 1.56. The molecule has 1 aromatic heterocycles. The van der Waals surface area contributed by atoms with Gasteiger partial charge in [0.1, 0.15) is 12.1 Å². The van der Waals surface area contributed by atoms with Gasteiger partial charge in [0.2, 0.25) is 0 Å². The molecule has 1 amide bonds. The van der Waals surface area contributed by atoms with Crippen molar-refractivity contribution >= 4 is 11.7 Å². The number of carbonyl (C=O) groups is 1. The highest BCUT2D eigenvalue weighted by Gasteiger charge is 2.31. The molecule has 1 saturated heterocycles. The van der Waals surface area contributed by atoms with E-state index in [9.17, 15) is 4.79 Å². The highest BCUT2D eigenvalue weighted by atomic mass is 16.2. The lowest BCUT2D eigenvalue weighted by Crippen LogP contribution is -2.57. The molecule has 5 nitrogen and oxygen atoms in total. The standard InChI is InChI=1S/C18H22N4O/c1-18(2,3)14-6-4-13(5-7-14)17(23)22-10-15(11-22)21-16-8-9-19-12-20-16/h4-9,12,15H,10-11H2,1-3H3,(H,19,20,21). The lowest BCUT2D eigenvalue weighted by molar-refractivity contribution is 0.0625. The van der Waals surface area contributed by atoms with Crippen LogP contribution in [0.15, 0.2) is 42.9 Å². The molecule has 1 aromatic carbocycles. The molecule has 1 aliphatic rings. The molecule has 0 atom stereocenters. The molecular weight excluding hydrogens is 288 g/mol. The minimum atomic E-state index is 0.0891. The second kappa shape index (κ2) is 5.99. The summed E-state index contributed by atoms with van der Waals surface area (Å²) in [4.78, 5) is 22.3. The summed E-state index contributed by atoms with van der Waals surface area (Å²) < 4.78 is 0. The third kappa shape index (κ3) is 3.50. The van der Waals surface area contributed by atoms with Crippen LogP contribution in [-0.2, 0) is 5.41 Å². The third-order valence-electron chi connectivity index (χ3n) is 4.10. The molecule has 1 fully saturated rings. The summed E-state index contributed by atoms with van der Waals surface area (Å²) in [6.45, 7) is 7.90. The number of anilines is 1. The van der Waals surface area contributed by atoms with Crippen molar-refractivity contribution in [2.24, 2.45) is 0 Å². The Morgan fingerprint density at radius 2 is 1.87 bits per heavy atom. The van der Waals surface area contributed by atoms with Gasteiger partial charge in [-0.3, -0.25) is 4.79 Å². The van der Waals surface area contributed by atoms with Crippen LogP contribution < -0.4 is 5.32 Å². The van der Waals surface area contributed by atoms with Crippen LogP contribution in [-0.4, -0.2) is 39.9 Å². The van der Waals surface area contributed by atoms with Gasteiger partial charge >= 0.3 is 0 Å². The van der Waals surface area contributed by atoms with E-state index in [0.29, 0.717) is 13.1 Å². The Morgan fingerprint density at radius 3 is 2.43 bits per heavy atom. The molecule has 0 spiro atoms. The van der Waals surface area contributed by atoms with Gasteiger partial charge in [0.15, 0.2) is 0 Å². The summed E-state index contributed by atoms with van der Waals surface area (Å²) in [5, 5.41) is 3.30. The number of amides is 1. The van der Waals surface area contributed by atoms with Crippen LogP contribution in [0, 0.1) is 0 Å². The molecule has 0 unspecified atom stereocenters. The van der Waals surface area contributed by atoms with Crippen molar-refractivity contribution in [1.82, 2.24) is 14.9 Å². The molecule has 23 heavy (non-hydrogen) atoms. The predicted molar refractivity (Wildman–Crippen MR) is 90.5 cm³/mol. The first kappa shape index (κ1) is 15.5. The van der Waals surface area contributed by atoms with Crippen molar-refractivity contribution in [3.63, 3.8) is 0 Å². The molecule has 5 heteroatoms. The van der Waals surface area contributed by atoms with Gasteiger partial charge in [-0.2, -0.15) is 0 Å². The van der Waals surface area contributed by atoms with Gasteiger partial charge in [-0.1, -0.05) is 32.9 Å². The van der Waals surface area contributed by atoms with Crippen molar-refractivity contribution in [3.05, 3.63) is 54.0 Å². The van der Waals surface area contributed by atoms with E-state index in [1.54, 1.807) is 6.20 Å². The van der Waals surface area contributed by atoms with Crippen LogP contribution in [0.2, 0.25) is 0 Å². The molecule has 2 aromatic rings. The van der Waals surface area contributed by atoms with Crippen LogP contribution in [0.3, 0.4) is 0 Å². The van der Waals surface area contributed by atoms with Crippen LogP contribution in [0.4, 0.5) is 5.82 Å². The molecule has 1 N–H and O–H groups in total. The van der Waals surface area contributed by atoms with E-state index in [1.165, 1.54) is 11.9 Å². The van der Waals surface area contributed by atoms with Crippen molar-refractivity contribution in [2.45, 2.75) is 32.2 Å². The number of likely N-dealkylation sites (tertiary alicyclic amines) is 1. The van der Waals surface area contributed by atoms with E-state index in [0.717, 1.165) is 11.4 Å². The maximum atomic E-state index is 12.5. The molecule has 1 aliphatic heterocycles. The zero-order valence-electron chi connectivity index (χ0n) is 13.8. The highest BCUT2D eigenvalue weighted by molar-refractivity contribution is 5.95. The molecular formula is C18H22N4O. The van der Waals surface area contributed by atoms with E-state index in [1.807, 2.05) is 35.2 Å². The van der Waals surface area contributed by atoms with E-state index >= 15 is 0 Å². The van der Waals surface area contributed by atoms with Gasteiger partial charge in [0.05, 0.1) is 6.04 Å². The lowest BCUT2D eigenvalue weighted by Gasteiger charge is -2.39. The van der Waals surface area contributed by atoms with E-state index in [-0.39, 0.29) is 17.4 Å². The maximum Gasteiger partial charge on any atom is 0.253 e. The number of benzene rings is 1. The second-order valence-electron chi connectivity index (χ2n) is 6.97. The summed E-state index contributed by atoms with van der Waals surface area (Å²) in [7, 11) is 0. The molecule has 0 radical (unpaired) electrons. The number of hydrogen-bond acceptors (Lipinski definition) is 4. The number of nitrogens with one attached hydrogen (secondary N) is 1. The molecule has 2 heterocycles. The minimum Gasteiger partial charge on any atom is -0.364 e. The van der Waals surface area contributed by atoms with Gasteiger partial charge in [0, 0.05) is 24.8 Å². The molecule has 120 valence electrons. The predicted octanol–water partition coefficient (Wildman–Crippen LogP) is 2.71. The van der Waals surface area contributed by atoms with Crippen LogP contribution in [0.5, 0.6) is 0 Å². The zero-order valence-corrected chi connectivity index (χ0v) is 13.8. The summed E-state index contributed by atoms with van der Waals surface area (Å²) in [6.07, 6.45) is 3.22. The number of nitrogens with zero attached hydrogens (tertiary/aromatic N) is 3. The van der Waals surface area contributed by atoms with Crippen LogP contribution in [0.25, 0.3) is 0 Å². The van der Waals surface area contributed by atoms with Gasteiger partial charge < -0.3 is 10.2 Å². The Kier molecular flexibility index (Phi) is 4.03. The molecule has 0 bridgehead atoms. The number of rotatable bonds is 3. The first-order valence-corrected chi connectivity index (χ1v) is 7.86. The monoisotopic (exact) mass is 310 g/mol. The smallest absolute Gasteiger partial charge is 0.253 e. The van der Waals surface area contributed by atoms with E-state index < -0.39 is 0 Å². The van der Waals surface area contributed by atoms with Gasteiger partial charge in [0.25, 0.3) is 5.91 Å². The molecule has 3 rings (SSSR count). The number of carbonyl (C=O) groups excluding carboxylic acids is 1. The number of hydrogen-bond donors (Lipinski definition) is 1. The largest absolute Gasteiger partial charge is 0.364 e. The lowest BCUT2D eigenvalue weighted by atomic mass is 9.86. The summed E-state index contributed by atoms with van der Waals surface area (Å²) >= 11 is 0. The average molecular weight is 310 g/mol. The Hall–Kier alpha value is -2.43. The Bertz CT molecular complexity index is 670. The normalized spacial score (nSPS) is 15.2. The van der Waals surface area contributed by atoms with Gasteiger partial charge in [-0.25, -0.2) is 9.97 Å². The Morgan fingerprint density at radius 1 is 1.17 bits per heavy atom.